The molecule has 0 bridgehead atoms. The molecule has 4 rings (SSSR count). The van der Waals surface area contributed by atoms with E-state index in [0.717, 1.165) is 5.56 Å². The maximum absolute atomic E-state index is 13.5. The fourth-order valence-corrected chi connectivity index (χ4v) is 7.34. The molecule has 0 spiro atoms. The van der Waals surface area contributed by atoms with Gasteiger partial charge in [0.15, 0.2) is 5.78 Å². The standard InChI is InChI=1S/C31H30N2O11S3/c34-24(15-17-45-46-18-16-43-31(39)44-33-28(36)13-14-29(33)37)11-12-27(47(40,41)42)26(35)19-30(38)32-20-23-7-2-1-5-21(23)9-10-22-6-3-4-8-25(22)32/h1-8,27H,11-20H2,(H,40,41,42). The first-order valence-electron chi connectivity index (χ1n) is 14.4. The van der Waals surface area contributed by atoms with Crippen LogP contribution in [0.3, 0.4) is 0 Å². The van der Waals surface area contributed by atoms with Crippen LogP contribution in [0.4, 0.5) is 10.5 Å². The fourth-order valence-electron chi connectivity index (χ4n) is 4.65. The first-order valence-corrected chi connectivity index (χ1v) is 18.4. The molecule has 2 aliphatic heterocycles. The molecule has 1 N–H and O–H groups in total. The Labute approximate surface area is 278 Å². The van der Waals surface area contributed by atoms with Crippen LogP contribution < -0.4 is 4.90 Å². The number of benzene rings is 2. The third-order valence-electron chi connectivity index (χ3n) is 7.01. The van der Waals surface area contributed by atoms with Gasteiger partial charge in [-0.05, 0) is 30.2 Å². The number of amides is 3. The molecule has 16 heteroatoms. The topological polar surface area (TPSA) is 182 Å². The van der Waals surface area contributed by atoms with Crippen LogP contribution in [0.2, 0.25) is 0 Å². The van der Waals surface area contributed by atoms with Gasteiger partial charge < -0.3 is 9.64 Å². The Morgan fingerprint density at radius 2 is 1.53 bits per heavy atom. The van der Waals surface area contributed by atoms with Crippen molar-refractivity contribution in [3.05, 3.63) is 65.2 Å². The van der Waals surface area contributed by atoms with E-state index in [-0.39, 0.29) is 44.6 Å². The van der Waals surface area contributed by atoms with Gasteiger partial charge in [-0.1, -0.05) is 68.8 Å². The van der Waals surface area contributed by atoms with E-state index < -0.39 is 57.9 Å². The zero-order valence-electron chi connectivity index (χ0n) is 24.9. The van der Waals surface area contributed by atoms with Crippen molar-refractivity contribution in [2.24, 2.45) is 0 Å². The van der Waals surface area contributed by atoms with Gasteiger partial charge in [0.25, 0.3) is 21.9 Å². The third kappa shape index (κ3) is 10.2. The number of hydrogen-bond donors (Lipinski definition) is 1. The predicted octanol–water partition coefficient (Wildman–Crippen LogP) is 3.49. The molecule has 2 aromatic rings. The lowest BCUT2D eigenvalue weighted by Crippen LogP contribution is -2.38. The Morgan fingerprint density at radius 1 is 0.894 bits per heavy atom. The monoisotopic (exact) mass is 702 g/mol. The number of hydroxylamine groups is 2. The highest BCUT2D eigenvalue weighted by Crippen LogP contribution is 2.27. The second-order valence-corrected chi connectivity index (χ2v) is 14.6. The number of nitrogens with zero attached hydrogens (tertiary/aromatic N) is 2. The van der Waals surface area contributed by atoms with Gasteiger partial charge in [0.05, 0.1) is 18.7 Å². The van der Waals surface area contributed by atoms with Crippen molar-refractivity contribution in [3.8, 4) is 11.8 Å². The second kappa shape index (κ2) is 16.6. The number of hydrogen-bond acceptors (Lipinski definition) is 12. The summed E-state index contributed by atoms with van der Waals surface area (Å²) in [4.78, 5) is 79.4. The number of para-hydroxylation sites is 1. The summed E-state index contributed by atoms with van der Waals surface area (Å²) in [5, 5.41) is -1.57. The lowest BCUT2D eigenvalue weighted by molar-refractivity contribution is -0.176. The van der Waals surface area contributed by atoms with Crippen LogP contribution in [0.15, 0.2) is 48.5 Å². The number of anilines is 1. The van der Waals surface area contributed by atoms with Crippen molar-refractivity contribution in [1.82, 2.24) is 5.06 Å². The molecule has 1 fully saturated rings. The molecule has 47 heavy (non-hydrogen) atoms. The highest BCUT2D eigenvalue weighted by Gasteiger charge is 2.35. The van der Waals surface area contributed by atoms with E-state index in [4.69, 9.17) is 4.74 Å². The minimum Gasteiger partial charge on any atom is -0.432 e. The number of imide groups is 1. The minimum atomic E-state index is -4.91. The number of carbonyl (C=O) groups excluding carboxylic acids is 6. The number of ether oxygens (including phenoxy) is 1. The van der Waals surface area contributed by atoms with Crippen molar-refractivity contribution < 1.29 is 51.3 Å². The van der Waals surface area contributed by atoms with E-state index in [2.05, 4.69) is 16.7 Å². The van der Waals surface area contributed by atoms with Crippen LogP contribution >= 0.6 is 21.6 Å². The summed E-state index contributed by atoms with van der Waals surface area (Å²) in [6, 6.07) is 14.1. The zero-order valence-corrected chi connectivity index (χ0v) is 27.4. The molecule has 0 radical (unpaired) electrons. The summed E-state index contributed by atoms with van der Waals surface area (Å²) in [7, 11) is -2.36. The molecule has 2 aromatic carbocycles. The molecule has 13 nitrogen and oxygen atoms in total. The van der Waals surface area contributed by atoms with Crippen molar-refractivity contribution in [2.45, 2.75) is 50.3 Å². The maximum Gasteiger partial charge on any atom is 0.533 e. The van der Waals surface area contributed by atoms with Gasteiger partial charge in [-0.25, -0.2) is 4.79 Å². The van der Waals surface area contributed by atoms with E-state index in [0.29, 0.717) is 33.4 Å². The Hall–Kier alpha value is -4.17. The maximum atomic E-state index is 13.5. The van der Waals surface area contributed by atoms with Gasteiger partial charge in [-0.2, -0.15) is 8.42 Å². The molecule has 2 aliphatic rings. The van der Waals surface area contributed by atoms with Crippen LogP contribution in [-0.4, -0.2) is 76.8 Å². The minimum absolute atomic E-state index is 0.0376. The number of Topliss-reactive ketones (excluding diaryl/α,β-unsaturated/α-hetero) is 2. The Balaban J connectivity index is 1.22. The molecule has 1 atom stereocenters. The van der Waals surface area contributed by atoms with Crippen molar-refractivity contribution in [1.29, 1.82) is 0 Å². The molecule has 248 valence electrons. The highest BCUT2D eigenvalue weighted by molar-refractivity contribution is 8.76. The fraction of sp³-hybridized carbons (Fsp3) is 0.355. The van der Waals surface area contributed by atoms with Crippen LogP contribution in [0, 0.1) is 11.8 Å². The van der Waals surface area contributed by atoms with Gasteiger partial charge in [0.2, 0.25) is 5.91 Å². The summed E-state index contributed by atoms with van der Waals surface area (Å²) >= 11 is 0. The third-order valence-corrected chi connectivity index (χ3v) is 10.6. The van der Waals surface area contributed by atoms with Crippen LogP contribution in [0.5, 0.6) is 0 Å². The smallest absolute Gasteiger partial charge is 0.432 e. The molecule has 2 heterocycles. The molecular formula is C31H30N2O11S3. The van der Waals surface area contributed by atoms with E-state index >= 15 is 0 Å². The lowest BCUT2D eigenvalue weighted by Gasteiger charge is -2.26. The molecular weight excluding hydrogens is 673 g/mol. The molecule has 0 saturated carbocycles. The highest BCUT2D eigenvalue weighted by atomic mass is 33.1. The van der Waals surface area contributed by atoms with Gasteiger partial charge in [0, 0.05) is 48.3 Å². The van der Waals surface area contributed by atoms with Crippen LogP contribution in [0.25, 0.3) is 0 Å². The second-order valence-electron chi connectivity index (χ2n) is 10.3. The van der Waals surface area contributed by atoms with Gasteiger partial charge in [-0.15, -0.1) is 0 Å². The normalized spacial score (nSPS) is 14.6. The van der Waals surface area contributed by atoms with E-state index in [1.807, 2.05) is 12.1 Å². The van der Waals surface area contributed by atoms with Crippen LogP contribution in [0.1, 0.15) is 55.2 Å². The van der Waals surface area contributed by atoms with Gasteiger partial charge in [0.1, 0.15) is 17.6 Å². The summed E-state index contributed by atoms with van der Waals surface area (Å²) < 4.78 is 38.9. The average Bonchev–Trinajstić information content (AvgIpc) is 3.33. The SMILES string of the molecule is O=C(CCSSCCOC(=O)ON1C(=O)CCC1=O)CCC(C(=O)CC(=O)N1Cc2ccccc2C#Cc2ccccc21)S(=O)(=O)O. The number of carbonyl (C=O) groups is 6. The molecule has 1 unspecified atom stereocenters. The van der Waals surface area contributed by atoms with Crippen LogP contribution in [-0.2, 0) is 50.2 Å². The van der Waals surface area contributed by atoms with E-state index in [1.54, 1.807) is 36.4 Å². The molecule has 1 saturated heterocycles. The van der Waals surface area contributed by atoms with E-state index in [1.165, 1.54) is 26.5 Å². The largest absolute Gasteiger partial charge is 0.533 e. The number of ketones is 2. The quantitative estimate of drug-likeness (QED) is 0.0542. The van der Waals surface area contributed by atoms with Crippen molar-refractivity contribution in [3.63, 3.8) is 0 Å². The zero-order chi connectivity index (χ0) is 34.0. The first-order chi connectivity index (χ1) is 22.4. The Morgan fingerprint density at radius 3 is 2.26 bits per heavy atom. The van der Waals surface area contributed by atoms with Gasteiger partial charge >= 0.3 is 6.16 Å². The molecule has 3 amide bonds. The Kier molecular flexibility index (Phi) is 12.6. The lowest BCUT2D eigenvalue weighted by atomic mass is 10.0. The Bertz CT molecular complexity index is 1720. The predicted molar refractivity (Wildman–Crippen MR) is 172 cm³/mol. The van der Waals surface area contributed by atoms with Crippen molar-refractivity contribution >= 4 is 72.8 Å². The summed E-state index contributed by atoms with van der Waals surface area (Å²) in [5.74, 6) is 3.46. The molecule has 0 aliphatic carbocycles. The average molecular weight is 703 g/mol. The van der Waals surface area contributed by atoms with Gasteiger partial charge in [-0.3, -0.25) is 33.4 Å². The van der Waals surface area contributed by atoms with Crippen molar-refractivity contribution in [2.75, 3.05) is 23.0 Å². The summed E-state index contributed by atoms with van der Waals surface area (Å²) in [6.07, 6.45) is -2.83. The van der Waals surface area contributed by atoms with E-state index in [9.17, 15) is 41.7 Å². The summed E-state index contributed by atoms with van der Waals surface area (Å²) in [5.41, 5.74) is 2.47. The number of fused-ring (bicyclic) bond motifs is 2. The summed E-state index contributed by atoms with van der Waals surface area (Å²) in [6.45, 7) is 0.00990. The molecule has 0 aromatic heterocycles. The number of rotatable bonds is 15. The first kappa shape index (κ1) is 35.7.